The van der Waals surface area contributed by atoms with Gasteiger partial charge in [-0.05, 0) is 47.7 Å². The molecule has 2 aromatic heterocycles. The number of halogens is 4. The zero-order chi connectivity index (χ0) is 23.3. The third kappa shape index (κ3) is 4.07. The minimum absolute atomic E-state index is 0.0498. The zero-order valence-corrected chi connectivity index (χ0v) is 17.9. The normalized spacial score (nSPS) is 18.6. The number of thioether (sulfide) groups is 1. The number of carboxylic acid groups (broad SMARTS) is 1. The number of alkyl halides is 3. The molecule has 0 fully saturated rings. The van der Waals surface area contributed by atoms with Gasteiger partial charge in [0.2, 0.25) is 5.71 Å². The van der Waals surface area contributed by atoms with Crippen molar-refractivity contribution in [3.63, 3.8) is 0 Å². The van der Waals surface area contributed by atoms with Gasteiger partial charge in [0, 0.05) is 17.1 Å². The molecule has 0 saturated heterocycles. The van der Waals surface area contributed by atoms with Crippen molar-refractivity contribution in [2.45, 2.75) is 24.4 Å². The number of rotatable bonds is 4. The van der Waals surface area contributed by atoms with E-state index in [-0.39, 0.29) is 23.2 Å². The first-order valence-corrected chi connectivity index (χ1v) is 10.4. The SMILES string of the molecule is Cc1cc(C(F)(F)F)c2cc(C(=O)NC3(C(=O)O)CC(c4ccc(Cl)cc4)=CS3)oc2n1. The van der Waals surface area contributed by atoms with Crippen LogP contribution in [0.1, 0.15) is 33.8 Å². The second kappa shape index (κ2) is 7.86. The topological polar surface area (TPSA) is 92.4 Å². The number of pyridine rings is 1. The Bertz CT molecular complexity index is 1270. The van der Waals surface area contributed by atoms with E-state index in [0.29, 0.717) is 10.6 Å². The highest BCUT2D eigenvalue weighted by molar-refractivity contribution is 8.04. The highest BCUT2D eigenvalue weighted by atomic mass is 35.5. The number of fused-ring (bicyclic) bond motifs is 1. The van der Waals surface area contributed by atoms with Crippen molar-refractivity contribution >= 4 is 51.9 Å². The Labute approximate surface area is 188 Å². The van der Waals surface area contributed by atoms with Crippen molar-refractivity contribution in [3.05, 3.63) is 69.4 Å². The predicted octanol–water partition coefficient (Wildman–Crippen LogP) is 5.50. The third-order valence-corrected chi connectivity index (χ3v) is 6.36. The molecule has 0 aliphatic carbocycles. The van der Waals surface area contributed by atoms with Crippen molar-refractivity contribution in [2.75, 3.05) is 0 Å². The summed E-state index contributed by atoms with van der Waals surface area (Å²) in [5.74, 6) is -2.74. The molecule has 3 heterocycles. The van der Waals surface area contributed by atoms with Gasteiger partial charge in [0.1, 0.15) is 0 Å². The molecule has 4 rings (SSSR count). The standard InChI is InChI=1S/C21H14ClF3N2O4S/c1-10-6-15(21(23,24)25)14-7-16(31-18(14)26-10)17(28)27-20(19(29)30)8-12(9-32-20)11-2-4-13(22)5-3-11/h2-7,9H,8H2,1H3,(H,27,28)(H,29,30). The van der Waals surface area contributed by atoms with Gasteiger partial charge in [-0.2, -0.15) is 13.2 Å². The summed E-state index contributed by atoms with van der Waals surface area (Å²) in [6.07, 6.45) is -4.73. The molecule has 1 aromatic carbocycles. The van der Waals surface area contributed by atoms with Crippen LogP contribution >= 0.6 is 23.4 Å². The molecule has 0 spiro atoms. The van der Waals surface area contributed by atoms with Crippen LogP contribution < -0.4 is 5.32 Å². The maximum absolute atomic E-state index is 13.4. The lowest BCUT2D eigenvalue weighted by Gasteiger charge is -2.24. The minimum Gasteiger partial charge on any atom is -0.479 e. The number of carboxylic acids is 1. The highest BCUT2D eigenvalue weighted by Gasteiger charge is 2.45. The quantitative estimate of drug-likeness (QED) is 0.510. The minimum atomic E-state index is -4.68. The van der Waals surface area contributed by atoms with E-state index in [4.69, 9.17) is 16.0 Å². The summed E-state index contributed by atoms with van der Waals surface area (Å²) in [4.78, 5) is 27.0. The van der Waals surface area contributed by atoms with Crippen LogP contribution in [0.25, 0.3) is 16.7 Å². The number of furan rings is 1. The highest BCUT2D eigenvalue weighted by Crippen LogP contribution is 2.44. The lowest BCUT2D eigenvalue weighted by atomic mass is 10.00. The van der Waals surface area contributed by atoms with E-state index in [0.717, 1.165) is 29.5 Å². The number of carbonyl (C=O) groups excluding carboxylic acids is 1. The smallest absolute Gasteiger partial charge is 0.417 e. The molecule has 0 radical (unpaired) electrons. The first kappa shape index (κ1) is 22.2. The molecule has 1 amide bonds. The van der Waals surface area contributed by atoms with E-state index in [1.165, 1.54) is 6.92 Å². The molecule has 3 aromatic rings. The Balaban J connectivity index is 1.63. The summed E-state index contributed by atoms with van der Waals surface area (Å²) in [6, 6.07) is 8.53. The number of hydrogen-bond acceptors (Lipinski definition) is 5. The van der Waals surface area contributed by atoms with Crippen molar-refractivity contribution in [1.82, 2.24) is 10.3 Å². The number of aryl methyl sites for hydroxylation is 1. The molecule has 11 heteroatoms. The first-order chi connectivity index (χ1) is 15.0. The Kier molecular flexibility index (Phi) is 5.46. The number of hydrogen-bond donors (Lipinski definition) is 2. The lowest BCUT2D eigenvalue weighted by molar-refractivity contribution is -0.140. The van der Waals surface area contributed by atoms with Crippen LogP contribution in [0.3, 0.4) is 0 Å². The summed E-state index contributed by atoms with van der Waals surface area (Å²) in [7, 11) is 0. The van der Waals surface area contributed by atoms with E-state index in [2.05, 4.69) is 10.3 Å². The number of aliphatic carboxylic acids is 1. The molecule has 0 bridgehead atoms. The number of nitrogens with one attached hydrogen (secondary N) is 1. The molecule has 1 aliphatic rings. The average Bonchev–Trinajstić information content (AvgIpc) is 3.32. The van der Waals surface area contributed by atoms with Crippen molar-refractivity contribution in [1.29, 1.82) is 0 Å². The fourth-order valence-corrected chi connectivity index (χ4v) is 4.52. The fraction of sp³-hybridized carbons (Fsp3) is 0.190. The summed E-state index contributed by atoms with van der Waals surface area (Å²) in [6.45, 7) is 1.37. The lowest BCUT2D eigenvalue weighted by Crippen LogP contribution is -2.50. The molecule has 32 heavy (non-hydrogen) atoms. The van der Waals surface area contributed by atoms with Gasteiger partial charge in [0.25, 0.3) is 5.91 Å². The zero-order valence-electron chi connectivity index (χ0n) is 16.3. The van der Waals surface area contributed by atoms with Crippen LogP contribution in [0, 0.1) is 6.92 Å². The van der Waals surface area contributed by atoms with E-state index < -0.39 is 34.2 Å². The third-order valence-electron chi connectivity index (χ3n) is 4.88. The Morgan fingerprint density at radius 2 is 1.94 bits per heavy atom. The van der Waals surface area contributed by atoms with Gasteiger partial charge in [-0.1, -0.05) is 35.5 Å². The number of carbonyl (C=O) groups is 2. The van der Waals surface area contributed by atoms with E-state index in [1.807, 2.05) is 0 Å². The van der Waals surface area contributed by atoms with Crippen LogP contribution in [0.4, 0.5) is 13.2 Å². The monoisotopic (exact) mass is 482 g/mol. The molecule has 1 unspecified atom stereocenters. The summed E-state index contributed by atoms with van der Waals surface area (Å²) < 4.78 is 45.3. The maximum Gasteiger partial charge on any atom is 0.417 e. The second-order valence-electron chi connectivity index (χ2n) is 7.17. The second-order valence-corrected chi connectivity index (χ2v) is 8.77. The summed E-state index contributed by atoms with van der Waals surface area (Å²) >= 11 is 6.76. The van der Waals surface area contributed by atoms with Crippen LogP contribution in [0.5, 0.6) is 0 Å². The average molecular weight is 483 g/mol. The summed E-state index contributed by atoms with van der Waals surface area (Å²) in [5.41, 5.74) is 0.119. The van der Waals surface area contributed by atoms with E-state index in [9.17, 15) is 27.9 Å². The number of benzene rings is 1. The van der Waals surface area contributed by atoms with Gasteiger partial charge in [-0.3, -0.25) is 4.79 Å². The van der Waals surface area contributed by atoms with Crippen LogP contribution in [0.2, 0.25) is 5.02 Å². The largest absolute Gasteiger partial charge is 0.479 e. The fourth-order valence-electron chi connectivity index (χ4n) is 3.34. The number of nitrogens with zero attached hydrogens (tertiary/aromatic N) is 1. The van der Waals surface area contributed by atoms with Gasteiger partial charge < -0.3 is 14.8 Å². The molecule has 0 saturated carbocycles. The van der Waals surface area contributed by atoms with Crippen molar-refractivity contribution in [2.24, 2.45) is 0 Å². The summed E-state index contributed by atoms with van der Waals surface area (Å²) in [5, 5.41) is 14.0. The van der Waals surface area contributed by atoms with Gasteiger partial charge >= 0.3 is 12.1 Å². The van der Waals surface area contributed by atoms with Gasteiger partial charge in [0.15, 0.2) is 10.6 Å². The van der Waals surface area contributed by atoms with Crippen molar-refractivity contribution in [3.8, 4) is 0 Å². The molecular formula is C21H14ClF3N2O4S. The van der Waals surface area contributed by atoms with Crippen molar-refractivity contribution < 1.29 is 32.3 Å². The first-order valence-electron chi connectivity index (χ1n) is 9.15. The molecular weight excluding hydrogens is 469 g/mol. The molecule has 2 N–H and O–H groups in total. The molecule has 6 nitrogen and oxygen atoms in total. The van der Waals surface area contributed by atoms with Crippen LogP contribution in [-0.4, -0.2) is 26.8 Å². The van der Waals surface area contributed by atoms with Crippen LogP contribution in [-0.2, 0) is 11.0 Å². The maximum atomic E-state index is 13.4. The van der Waals surface area contributed by atoms with Gasteiger partial charge in [-0.15, -0.1) is 0 Å². The predicted molar refractivity (Wildman–Crippen MR) is 113 cm³/mol. The Morgan fingerprint density at radius 1 is 1.25 bits per heavy atom. The number of aromatic nitrogens is 1. The van der Waals surface area contributed by atoms with Crippen LogP contribution in [0.15, 0.2) is 46.2 Å². The Hall–Kier alpha value is -2.98. The van der Waals surface area contributed by atoms with Gasteiger partial charge in [-0.25, -0.2) is 9.78 Å². The van der Waals surface area contributed by atoms with E-state index in [1.54, 1.807) is 29.7 Å². The number of amides is 1. The Morgan fingerprint density at radius 3 is 2.56 bits per heavy atom. The van der Waals surface area contributed by atoms with Gasteiger partial charge in [0.05, 0.1) is 10.9 Å². The molecule has 166 valence electrons. The molecule has 1 atom stereocenters. The van der Waals surface area contributed by atoms with E-state index >= 15 is 0 Å². The molecule has 1 aliphatic heterocycles.